The van der Waals surface area contributed by atoms with Crippen LogP contribution in [-0.2, 0) is 0 Å². The van der Waals surface area contributed by atoms with E-state index in [0.717, 1.165) is 36.5 Å². The van der Waals surface area contributed by atoms with Crippen LogP contribution < -0.4 is 10.2 Å². The molecule has 1 N–H and O–H groups in total. The standard InChI is InChI=1S/C19H20N4OS/c24-19(17-7-4-14-25-17)23(16-8-11-20-12-9-16)18-10-13-22(21-18)15-5-2-1-3-6-15/h1-7,10,13-14,16,20H,8-9,11-12H2. The van der Waals surface area contributed by atoms with Gasteiger partial charge in [0.25, 0.3) is 5.91 Å². The van der Waals surface area contributed by atoms with Crippen molar-refractivity contribution in [2.24, 2.45) is 0 Å². The number of nitrogens with zero attached hydrogens (tertiary/aromatic N) is 3. The summed E-state index contributed by atoms with van der Waals surface area (Å²) in [4.78, 5) is 15.8. The van der Waals surface area contributed by atoms with E-state index >= 15 is 0 Å². The fourth-order valence-electron chi connectivity index (χ4n) is 3.21. The molecule has 1 fully saturated rings. The Labute approximate surface area is 150 Å². The molecule has 0 atom stereocenters. The molecule has 4 rings (SSSR count). The maximum absolute atomic E-state index is 13.1. The number of benzene rings is 1. The average Bonchev–Trinajstić information content (AvgIpc) is 3.36. The zero-order valence-electron chi connectivity index (χ0n) is 13.8. The molecule has 128 valence electrons. The Kier molecular flexibility index (Phi) is 4.63. The SMILES string of the molecule is O=C(c1cccs1)N(c1ccn(-c2ccccc2)n1)C1CCNCC1. The number of carbonyl (C=O) groups excluding carboxylic acids is 1. The van der Waals surface area contributed by atoms with Gasteiger partial charge in [-0.1, -0.05) is 24.3 Å². The molecule has 0 saturated carbocycles. The number of aromatic nitrogens is 2. The van der Waals surface area contributed by atoms with Crippen molar-refractivity contribution in [3.8, 4) is 5.69 Å². The lowest BCUT2D eigenvalue weighted by atomic mass is 10.0. The van der Waals surface area contributed by atoms with Gasteiger partial charge in [0.15, 0.2) is 5.82 Å². The van der Waals surface area contributed by atoms with Crippen LogP contribution in [0.5, 0.6) is 0 Å². The van der Waals surface area contributed by atoms with E-state index in [1.165, 1.54) is 11.3 Å². The lowest BCUT2D eigenvalue weighted by Crippen LogP contribution is -2.46. The first-order valence-corrected chi connectivity index (χ1v) is 9.40. The number of amides is 1. The number of carbonyl (C=O) groups is 1. The number of anilines is 1. The molecule has 0 radical (unpaired) electrons. The summed E-state index contributed by atoms with van der Waals surface area (Å²) in [6.07, 6.45) is 3.80. The van der Waals surface area contributed by atoms with E-state index in [1.807, 2.05) is 69.7 Å². The van der Waals surface area contributed by atoms with Gasteiger partial charge in [-0.3, -0.25) is 9.69 Å². The molecule has 1 aliphatic rings. The summed E-state index contributed by atoms with van der Waals surface area (Å²) in [5.74, 6) is 0.759. The van der Waals surface area contributed by atoms with E-state index in [1.54, 1.807) is 0 Å². The molecule has 2 aromatic heterocycles. The zero-order chi connectivity index (χ0) is 17.1. The molecular weight excluding hydrogens is 332 g/mol. The molecule has 3 aromatic rings. The summed E-state index contributed by atoms with van der Waals surface area (Å²) in [6, 6.07) is 15.9. The number of thiophene rings is 1. The van der Waals surface area contributed by atoms with Gasteiger partial charge < -0.3 is 5.32 Å². The minimum atomic E-state index is 0.0419. The molecule has 0 bridgehead atoms. The van der Waals surface area contributed by atoms with E-state index in [2.05, 4.69) is 5.32 Å². The Hall–Kier alpha value is -2.44. The molecule has 5 nitrogen and oxygen atoms in total. The van der Waals surface area contributed by atoms with Crippen molar-refractivity contribution >= 4 is 23.1 Å². The van der Waals surface area contributed by atoms with Crippen LogP contribution in [0.3, 0.4) is 0 Å². The van der Waals surface area contributed by atoms with Gasteiger partial charge in [-0.25, -0.2) is 4.68 Å². The van der Waals surface area contributed by atoms with E-state index in [4.69, 9.17) is 5.10 Å². The van der Waals surface area contributed by atoms with Crippen LogP contribution in [0.4, 0.5) is 5.82 Å². The highest BCUT2D eigenvalue weighted by molar-refractivity contribution is 7.12. The monoisotopic (exact) mass is 352 g/mol. The van der Waals surface area contributed by atoms with Gasteiger partial charge in [-0.15, -0.1) is 16.4 Å². The van der Waals surface area contributed by atoms with Crippen LogP contribution in [0.15, 0.2) is 60.1 Å². The van der Waals surface area contributed by atoms with Gasteiger partial charge in [0.2, 0.25) is 0 Å². The van der Waals surface area contributed by atoms with Gasteiger partial charge >= 0.3 is 0 Å². The molecule has 0 unspecified atom stereocenters. The van der Waals surface area contributed by atoms with Crippen molar-refractivity contribution in [2.75, 3.05) is 18.0 Å². The van der Waals surface area contributed by atoms with Crippen LogP contribution in [-0.4, -0.2) is 34.8 Å². The number of nitrogens with one attached hydrogen (secondary N) is 1. The molecule has 1 aliphatic heterocycles. The lowest BCUT2D eigenvalue weighted by Gasteiger charge is -2.32. The Morgan fingerprint density at radius 1 is 1.12 bits per heavy atom. The summed E-state index contributed by atoms with van der Waals surface area (Å²) in [5.41, 5.74) is 0.989. The van der Waals surface area contributed by atoms with Crippen molar-refractivity contribution in [3.63, 3.8) is 0 Å². The van der Waals surface area contributed by atoms with Crippen molar-refractivity contribution in [3.05, 3.63) is 65.0 Å². The van der Waals surface area contributed by atoms with Crippen LogP contribution in [0, 0.1) is 0 Å². The van der Waals surface area contributed by atoms with Crippen molar-refractivity contribution < 1.29 is 4.79 Å². The number of hydrogen-bond donors (Lipinski definition) is 1. The van der Waals surface area contributed by atoms with Gasteiger partial charge in [0.05, 0.1) is 10.6 Å². The Morgan fingerprint density at radius 3 is 2.64 bits per heavy atom. The van der Waals surface area contributed by atoms with E-state index in [0.29, 0.717) is 5.82 Å². The van der Waals surface area contributed by atoms with Gasteiger partial charge in [-0.05, 0) is 49.5 Å². The van der Waals surface area contributed by atoms with Gasteiger partial charge in [0, 0.05) is 18.3 Å². The number of hydrogen-bond acceptors (Lipinski definition) is 4. The van der Waals surface area contributed by atoms with Crippen molar-refractivity contribution in [2.45, 2.75) is 18.9 Å². The summed E-state index contributed by atoms with van der Waals surface area (Å²) in [6.45, 7) is 1.86. The first-order valence-electron chi connectivity index (χ1n) is 8.52. The second-order valence-corrected chi connectivity index (χ2v) is 7.04. The predicted octanol–water partition coefficient (Wildman–Crippen LogP) is 3.33. The maximum Gasteiger partial charge on any atom is 0.269 e. The van der Waals surface area contributed by atoms with Crippen LogP contribution in [0.2, 0.25) is 0 Å². The third-order valence-corrected chi connectivity index (χ3v) is 5.32. The first-order chi connectivity index (χ1) is 12.3. The van der Waals surface area contributed by atoms with Crippen molar-refractivity contribution in [1.82, 2.24) is 15.1 Å². The molecule has 1 aromatic carbocycles. The van der Waals surface area contributed by atoms with Crippen LogP contribution in [0.25, 0.3) is 5.69 Å². The molecule has 25 heavy (non-hydrogen) atoms. The average molecular weight is 352 g/mol. The second kappa shape index (κ2) is 7.21. The molecule has 1 saturated heterocycles. The summed E-state index contributed by atoms with van der Waals surface area (Å²) < 4.78 is 1.82. The van der Waals surface area contributed by atoms with E-state index in [-0.39, 0.29) is 11.9 Å². The maximum atomic E-state index is 13.1. The molecule has 6 heteroatoms. The third-order valence-electron chi connectivity index (χ3n) is 4.47. The second-order valence-electron chi connectivity index (χ2n) is 6.09. The quantitative estimate of drug-likeness (QED) is 0.783. The molecule has 1 amide bonds. The Morgan fingerprint density at radius 2 is 1.92 bits per heavy atom. The highest BCUT2D eigenvalue weighted by atomic mass is 32.1. The fourth-order valence-corrected chi connectivity index (χ4v) is 3.87. The zero-order valence-corrected chi connectivity index (χ0v) is 14.7. The summed E-state index contributed by atoms with van der Waals surface area (Å²) >= 11 is 1.48. The lowest BCUT2D eigenvalue weighted by molar-refractivity contribution is 0.0974. The minimum Gasteiger partial charge on any atom is -0.317 e. The topological polar surface area (TPSA) is 50.2 Å². The van der Waals surface area contributed by atoms with Crippen LogP contribution >= 0.6 is 11.3 Å². The van der Waals surface area contributed by atoms with E-state index in [9.17, 15) is 4.79 Å². The van der Waals surface area contributed by atoms with E-state index < -0.39 is 0 Å². The molecule has 0 spiro atoms. The van der Waals surface area contributed by atoms with Crippen LogP contribution in [0.1, 0.15) is 22.5 Å². The Balaban J connectivity index is 1.68. The van der Waals surface area contributed by atoms with Crippen molar-refractivity contribution in [1.29, 1.82) is 0 Å². The highest BCUT2D eigenvalue weighted by Crippen LogP contribution is 2.25. The minimum absolute atomic E-state index is 0.0419. The largest absolute Gasteiger partial charge is 0.317 e. The number of rotatable bonds is 4. The smallest absolute Gasteiger partial charge is 0.269 e. The number of piperidine rings is 1. The fraction of sp³-hybridized carbons (Fsp3) is 0.263. The predicted molar refractivity (Wildman–Crippen MR) is 101 cm³/mol. The normalized spacial score (nSPS) is 15.2. The first kappa shape index (κ1) is 16.1. The molecule has 3 heterocycles. The van der Waals surface area contributed by atoms with Gasteiger partial charge in [-0.2, -0.15) is 0 Å². The van der Waals surface area contributed by atoms with Gasteiger partial charge in [0.1, 0.15) is 0 Å². The molecule has 0 aliphatic carbocycles. The summed E-state index contributed by atoms with van der Waals surface area (Å²) in [7, 11) is 0. The Bertz CT molecular complexity index is 822. The highest BCUT2D eigenvalue weighted by Gasteiger charge is 2.29. The molecular formula is C19H20N4OS. The third kappa shape index (κ3) is 3.36. The number of para-hydroxylation sites is 1. The summed E-state index contributed by atoms with van der Waals surface area (Å²) in [5, 5.41) is 10.00.